The van der Waals surface area contributed by atoms with Gasteiger partial charge in [-0.2, -0.15) is 0 Å². The molecule has 1 saturated carbocycles. The summed E-state index contributed by atoms with van der Waals surface area (Å²) in [4.78, 5) is 27.9. The van der Waals surface area contributed by atoms with Crippen LogP contribution in [0.1, 0.15) is 31.4 Å². The van der Waals surface area contributed by atoms with Gasteiger partial charge in [0.2, 0.25) is 11.8 Å². The molecule has 1 atom stereocenters. The molecule has 1 aromatic carbocycles. The summed E-state index contributed by atoms with van der Waals surface area (Å²) in [6.07, 6.45) is 3.42. The lowest BCUT2D eigenvalue weighted by atomic mass is 10.1. The smallest absolute Gasteiger partial charge is 0.258 e. The number of ether oxygens (including phenoxy) is 2. The van der Waals surface area contributed by atoms with Gasteiger partial charge in [0.1, 0.15) is 5.75 Å². The van der Waals surface area contributed by atoms with E-state index in [-0.39, 0.29) is 30.4 Å². The second-order valence-corrected chi connectivity index (χ2v) is 6.50. The van der Waals surface area contributed by atoms with Crippen molar-refractivity contribution in [1.82, 2.24) is 10.3 Å². The molecule has 3 rings (SSSR count). The zero-order valence-corrected chi connectivity index (χ0v) is 15.4. The Hall–Kier alpha value is -3.09. The SMILES string of the molecule is COc1ccc([C@@H](C)NC(=O)COc2ccc(NC(=O)C3CC3)cn2)cc1. The number of benzene rings is 1. The van der Waals surface area contributed by atoms with Gasteiger partial charge in [-0.25, -0.2) is 4.98 Å². The Kier molecular flexibility index (Phi) is 5.90. The van der Waals surface area contributed by atoms with Crippen molar-refractivity contribution in [2.24, 2.45) is 5.92 Å². The summed E-state index contributed by atoms with van der Waals surface area (Å²) in [5, 5.41) is 5.67. The number of pyridine rings is 1. The molecule has 0 spiro atoms. The first-order chi connectivity index (χ1) is 13.0. The van der Waals surface area contributed by atoms with E-state index in [2.05, 4.69) is 15.6 Å². The van der Waals surface area contributed by atoms with Crippen molar-refractivity contribution in [3.63, 3.8) is 0 Å². The molecule has 0 bridgehead atoms. The zero-order valence-electron chi connectivity index (χ0n) is 15.4. The molecule has 2 N–H and O–H groups in total. The minimum absolute atomic E-state index is 0.0253. The number of nitrogens with one attached hydrogen (secondary N) is 2. The molecule has 2 amide bonds. The monoisotopic (exact) mass is 369 g/mol. The number of hydrogen-bond acceptors (Lipinski definition) is 5. The average molecular weight is 369 g/mol. The highest BCUT2D eigenvalue weighted by Gasteiger charge is 2.29. The van der Waals surface area contributed by atoms with Gasteiger partial charge in [-0.1, -0.05) is 12.1 Å². The molecule has 27 heavy (non-hydrogen) atoms. The fraction of sp³-hybridized carbons (Fsp3) is 0.350. The van der Waals surface area contributed by atoms with Crippen LogP contribution in [0.15, 0.2) is 42.6 Å². The molecule has 7 heteroatoms. The zero-order chi connectivity index (χ0) is 19.2. The summed E-state index contributed by atoms with van der Waals surface area (Å²) < 4.78 is 10.5. The number of amides is 2. The van der Waals surface area contributed by atoms with Crippen molar-refractivity contribution in [1.29, 1.82) is 0 Å². The molecular formula is C20H23N3O4. The van der Waals surface area contributed by atoms with Crippen molar-refractivity contribution in [3.05, 3.63) is 48.2 Å². The maximum atomic E-state index is 12.1. The number of aromatic nitrogens is 1. The minimum Gasteiger partial charge on any atom is -0.497 e. The fourth-order valence-electron chi connectivity index (χ4n) is 2.53. The summed E-state index contributed by atoms with van der Waals surface area (Å²) >= 11 is 0. The first kappa shape index (κ1) is 18.7. The Labute approximate surface area is 158 Å². The maximum absolute atomic E-state index is 12.1. The van der Waals surface area contributed by atoms with Crippen LogP contribution in [0.25, 0.3) is 0 Å². The van der Waals surface area contributed by atoms with E-state index in [1.807, 2.05) is 31.2 Å². The maximum Gasteiger partial charge on any atom is 0.258 e. The van der Waals surface area contributed by atoms with Crippen LogP contribution in [0.2, 0.25) is 0 Å². The van der Waals surface area contributed by atoms with E-state index in [9.17, 15) is 9.59 Å². The van der Waals surface area contributed by atoms with E-state index in [0.717, 1.165) is 24.2 Å². The Morgan fingerprint density at radius 1 is 1.19 bits per heavy atom. The van der Waals surface area contributed by atoms with Crippen LogP contribution in [-0.2, 0) is 9.59 Å². The third-order valence-corrected chi connectivity index (χ3v) is 4.30. The Morgan fingerprint density at radius 3 is 2.52 bits per heavy atom. The molecule has 0 aliphatic heterocycles. The lowest BCUT2D eigenvalue weighted by Gasteiger charge is -2.15. The normalized spacial score (nSPS) is 14.1. The first-order valence-electron chi connectivity index (χ1n) is 8.88. The summed E-state index contributed by atoms with van der Waals surface area (Å²) in [5.74, 6) is 1.01. The van der Waals surface area contributed by atoms with Crippen molar-refractivity contribution >= 4 is 17.5 Å². The standard InChI is InChI=1S/C20H23N3O4/c1-13(14-5-8-17(26-2)9-6-14)22-18(24)12-27-19-10-7-16(11-21-19)23-20(25)15-3-4-15/h5-11,13,15H,3-4,12H2,1-2H3,(H,22,24)(H,23,25)/t13-/m1/s1. The van der Waals surface area contributed by atoms with Crippen molar-refractivity contribution in [3.8, 4) is 11.6 Å². The van der Waals surface area contributed by atoms with Gasteiger partial charge in [0, 0.05) is 12.0 Å². The van der Waals surface area contributed by atoms with E-state index < -0.39 is 0 Å². The lowest BCUT2D eigenvalue weighted by molar-refractivity contribution is -0.123. The average Bonchev–Trinajstić information content (AvgIpc) is 3.53. The van der Waals surface area contributed by atoms with Crippen LogP contribution in [-0.4, -0.2) is 30.5 Å². The molecule has 2 aromatic rings. The Morgan fingerprint density at radius 2 is 1.93 bits per heavy atom. The van der Waals surface area contributed by atoms with Crippen LogP contribution in [0.4, 0.5) is 5.69 Å². The summed E-state index contributed by atoms with van der Waals surface area (Å²) in [6, 6.07) is 10.7. The van der Waals surface area contributed by atoms with E-state index in [4.69, 9.17) is 9.47 Å². The van der Waals surface area contributed by atoms with E-state index in [1.54, 1.807) is 19.2 Å². The molecule has 0 radical (unpaired) electrons. The number of methoxy groups -OCH3 is 1. The minimum atomic E-state index is -0.244. The van der Waals surface area contributed by atoms with Gasteiger partial charge in [-0.3, -0.25) is 9.59 Å². The number of rotatable bonds is 8. The molecule has 1 aliphatic carbocycles. The molecule has 7 nitrogen and oxygen atoms in total. The van der Waals surface area contributed by atoms with Gasteiger partial charge in [0.25, 0.3) is 5.91 Å². The van der Waals surface area contributed by atoms with E-state index in [1.165, 1.54) is 6.20 Å². The van der Waals surface area contributed by atoms with Gasteiger partial charge in [0.05, 0.1) is 25.0 Å². The highest BCUT2D eigenvalue weighted by Crippen LogP contribution is 2.30. The largest absolute Gasteiger partial charge is 0.497 e. The predicted octanol–water partition coefficient (Wildman–Crippen LogP) is 2.69. The molecule has 1 heterocycles. The predicted molar refractivity (Wildman–Crippen MR) is 101 cm³/mol. The molecular weight excluding hydrogens is 346 g/mol. The summed E-state index contributed by atoms with van der Waals surface area (Å²) in [5.41, 5.74) is 1.59. The topological polar surface area (TPSA) is 89.5 Å². The lowest BCUT2D eigenvalue weighted by Crippen LogP contribution is -2.31. The van der Waals surface area contributed by atoms with Crippen molar-refractivity contribution < 1.29 is 19.1 Å². The molecule has 0 saturated heterocycles. The second-order valence-electron chi connectivity index (χ2n) is 6.50. The fourth-order valence-corrected chi connectivity index (χ4v) is 2.53. The van der Waals surface area contributed by atoms with Gasteiger partial charge in [0.15, 0.2) is 6.61 Å². The van der Waals surface area contributed by atoms with Crippen LogP contribution < -0.4 is 20.1 Å². The summed E-state index contributed by atoms with van der Waals surface area (Å²) in [6.45, 7) is 1.76. The second kappa shape index (κ2) is 8.53. The molecule has 1 fully saturated rings. The number of anilines is 1. The van der Waals surface area contributed by atoms with E-state index >= 15 is 0 Å². The highest BCUT2D eigenvalue weighted by molar-refractivity contribution is 5.93. The third kappa shape index (κ3) is 5.44. The molecule has 1 aliphatic rings. The molecule has 0 unspecified atom stereocenters. The highest BCUT2D eigenvalue weighted by atomic mass is 16.5. The van der Waals surface area contributed by atoms with Crippen LogP contribution in [0.3, 0.4) is 0 Å². The van der Waals surface area contributed by atoms with Crippen LogP contribution in [0, 0.1) is 5.92 Å². The number of hydrogen-bond donors (Lipinski definition) is 2. The summed E-state index contributed by atoms with van der Waals surface area (Å²) in [7, 11) is 1.61. The molecule has 1 aromatic heterocycles. The molecule has 142 valence electrons. The van der Waals surface area contributed by atoms with E-state index in [0.29, 0.717) is 11.6 Å². The number of carbonyl (C=O) groups is 2. The number of nitrogens with zero attached hydrogens (tertiary/aromatic N) is 1. The van der Waals surface area contributed by atoms with Crippen LogP contribution >= 0.6 is 0 Å². The first-order valence-corrected chi connectivity index (χ1v) is 8.88. The Balaban J connectivity index is 1.44. The third-order valence-electron chi connectivity index (χ3n) is 4.30. The van der Waals surface area contributed by atoms with Crippen molar-refractivity contribution in [2.45, 2.75) is 25.8 Å². The van der Waals surface area contributed by atoms with Crippen molar-refractivity contribution in [2.75, 3.05) is 19.0 Å². The van der Waals surface area contributed by atoms with Gasteiger partial charge in [-0.05, 0) is 43.5 Å². The van der Waals surface area contributed by atoms with Crippen LogP contribution in [0.5, 0.6) is 11.6 Å². The number of carbonyl (C=O) groups excluding carboxylic acids is 2. The quantitative estimate of drug-likeness (QED) is 0.747. The Bertz CT molecular complexity index is 786. The van der Waals surface area contributed by atoms with Gasteiger partial charge in [-0.15, -0.1) is 0 Å². The van der Waals surface area contributed by atoms with Gasteiger partial charge >= 0.3 is 0 Å². The van der Waals surface area contributed by atoms with Gasteiger partial charge < -0.3 is 20.1 Å².